The summed E-state index contributed by atoms with van der Waals surface area (Å²) in [4.78, 5) is 28.0. The fourth-order valence-electron chi connectivity index (χ4n) is 4.75. The van der Waals surface area contributed by atoms with E-state index >= 15 is 0 Å². The largest absolute Gasteiger partial charge is 0.474 e. The average molecular weight is 506 g/mol. The number of aromatic nitrogens is 3. The quantitative estimate of drug-likeness (QED) is 0.358. The van der Waals surface area contributed by atoms with Crippen LogP contribution in [0.1, 0.15) is 57.3 Å². The molecule has 7 nitrogen and oxygen atoms in total. The Balaban J connectivity index is 1.37. The Morgan fingerprint density at radius 2 is 1.76 bits per heavy atom. The summed E-state index contributed by atoms with van der Waals surface area (Å²) >= 11 is 0. The molecule has 37 heavy (non-hydrogen) atoms. The second-order valence-electron chi connectivity index (χ2n) is 9.64. The number of pyridine rings is 1. The first-order valence-corrected chi connectivity index (χ1v) is 13.1. The highest BCUT2D eigenvalue weighted by atomic mass is 19.1. The predicted octanol–water partition coefficient (Wildman–Crippen LogP) is 5.75. The van der Waals surface area contributed by atoms with Gasteiger partial charge in [0.05, 0.1) is 17.4 Å². The summed E-state index contributed by atoms with van der Waals surface area (Å²) in [6, 6.07) is 10.9. The molecule has 0 bridgehead atoms. The lowest BCUT2D eigenvalue weighted by Crippen LogP contribution is -2.39. The van der Waals surface area contributed by atoms with Gasteiger partial charge in [-0.15, -0.1) is 0 Å². The highest BCUT2D eigenvalue weighted by Crippen LogP contribution is 2.26. The lowest BCUT2D eigenvalue weighted by Gasteiger charge is -2.23. The lowest BCUT2D eigenvalue weighted by atomic mass is 10.1. The van der Waals surface area contributed by atoms with Crippen molar-refractivity contribution in [3.05, 3.63) is 66.4 Å². The van der Waals surface area contributed by atoms with E-state index in [1.165, 1.54) is 0 Å². The molecule has 3 aromatic rings. The number of ether oxygens (including phenoxy) is 1. The number of likely N-dealkylation sites (tertiary alicyclic amines) is 1. The van der Waals surface area contributed by atoms with Crippen molar-refractivity contribution in [2.75, 3.05) is 11.9 Å². The van der Waals surface area contributed by atoms with Crippen LogP contribution in [0.3, 0.4) is 0 Å². The summed E-state index contributed by atoms with van der Waals surface area (Å²) in [6.45, 7) is 6.79. The predicted molar refractivity (Wildman–Crippen MR) is 143 cm³/mol. The molecule has 1 aliphatic heterocycles. The van der Waals surface area contributed by atoms with E-state index < -0.39 is 12.2 Å². The molecule has 1 amide bonds. The molecule has 1 fully saturated rings. The summed E-state index contributed by atoms with van der Waals surface area (Å²) in [5.74, 6) is 0.426. The zero-order valence-corrected chi connectivity index (χ0v) is 21.9. The van der Waals surface area contributed by atoms with E-state index in [2.05, 4.69) is 34.1 Å². The molecule has 196 valence electrons. The first-order valence-electron chi connectivity index (χ1n) is 13.1. The minimum Gasteiger partial charge on any atom is -0.474 e. The van der Waals surface area contributed by atoms with Crippen LogP contribution in [-0.4, -0.2) is 50.6 Å². The maximum Gasteiger partial charge on any atom is 0.241 e. The highest BCUT2D eigenvalue weighted by molar-refractivity contribution is 5.95. The lowest BCUT2D eigenvalue weighted by molar-refractivity contribution is -0.120. The van der Waals surface area contributed by atoms with Gasteiger partial charge >= 0.3 is 0 Å². The molecule has 0 unspecified atom stereocenters. The number of carbonyl (C=O) groups excluding carboxylic acids is 1. The zero-order valence-electron chi connectivity index (χ0n) is 21.9. The van der Waals surface area contributed by atoms with Crippen molar-refractivity contribution >= 4 is 11.6 Å². The van der Waals surface area contributed by atoms with Crippen molar-refractivity contribution in [1.82, 2.24) is 19.9 Å². The Hall–Kier alpha value is -3.39. The minimum absolute atomic E-state index is 0.167. The standard InChI is InChI=1S/C29H36FN5O2/c1-4-6-25(7-5-2)37-28-13-10-22(17-33-28)21-8-11-24(12-9-21)34-29(36)27-16-23(30)18-35(27)19-26-20(3)31-14-15-32-26/h8-15,17,23,25,27H,4-7,16,18-19H2,1-3H3,(H,34,36)/t23-,27+/m0/s1. The third-order valence-corrected chi connectivity index (χ3v) is 6.72. The van der Waals surface area contributed by atoms with E-state index in [9.17, 15) is 9.18 Å². The molecule has 8 heteroatoms. The van der Waals surface area contributed by atoms with Crippen molar-refractivity contribution in [3.8, 4) is 17.0 Å². The maximum absolute atomic E-state index is 14.3. The van der Waals surface area contributed by atoms with Gasteiger partial charge in [0.1, 0.15) is 12.3 Å². The topological polar surface area (TPSA) is 80.2 Å². The van der Waals surface area contributed by atoms with Gasteiger partial charge in [-0.3, -0.25) is 19.7 Å². The second kappa shape index (κ2) is 12.7. The molecule has 2 aromatic heterocycles. The number of hydrogen-bond donors (Lipinski definition) is 1. The molecule has 0 spiro atoms. The molecule has 3 heterocycles. The van der Waals surface area contributed by atoms with Crippen LogP contribution in [0.4, 0.5) is 10.1 Å². The van der Waals surface area contributed by atoms with Crippen molar-refractivity contribution in [3.63, 3.8) is 0 Å². The van der Waals surface area contributed by atoms with Gasteiger partial charge in [0.2, 0.25) is 11.8 Å². The van der Waals surface area contributed by atoms with Gasteiger partial charge in [0.15, 0.2) is 0 Å². The van der Waals surface area contributed by atoms with Gasteiger partial charge in [-0.05, 0) is 43.5 Å². The Labute approximate surface area is 218 Å². The molecule has 0 radical (unpaired) electrons. The molecule has 0 aliphatic carbocycles. The van der Waals surface area contributed by atoms with Crippen molar-refractivity contribution in [2.24, 2.45) is 0 Å². The molecule has 1 saturated heterocycles. The summed E-state index contributed by atoms with van der Waals surface area (Å²) in [5.41, 5.74) is 4.17. The molecule has 4 rings (SSSR count). The van der Waals surface area contributed by atoms with Crippen molar-refractivity contribution in [1.29, 1.82) is 0 Å². The molecule has 1 aromatic carbocycles. The average Bonchev–Trinajstić information content (AvgIpc) is 3.27. The number of benzene rings is 1. The fourth-order valence-corrected chi connectivity index (χ4v) is 4.75. The number of carbonyl (C=O) groups is 1. The molecular weight excluding hydrogens is 469 g/mol. The van der Waals surface area contributed by atoms with E-state index in [1.807, 2.05) is 54.4 Å². The van der Waals surface area contributed by atoms with Crippen LogP contribution in [0, 0.1) is 6.92 Å². The number of amides is 1. The number of rotatable bonds is 11. The number of anilines is 1. The smallest absolute Gasteiger partial charge is 0.241 e. The number of nitrogens with zero attached hydrogens (tertiary/aromatic N) is 4. The van der Waals surface area contributed by atoms with E-state index in [0.717, 1.165) is 48.2 Å². The number of nitrogens with one attached hydrogen (secondary N) is 1. The van der Waals surface area contributed by atoms with Crippen LogP contribution in [0.2, 0.25) is 0 Å². The van der Waals surface area contributed by atoms with Crippen LogP contribution in [0.15, 0.2) is 55.0 Å². The van der Waals surface area contributed by atoms with Gasteiger partial charge in [-0.1, -0.05) is 38.8 Å². The molecular formula is C29H36FN5O2. The van der Waals surface area contributed by atoms with Crippen LogP contribution in [-0.2, 0) is 11.3 Å². The Bertz CT molecular complexity index is 1150. The fraction of sp³-hybridized carbons (Fsp3) is 0.448. The van der Waals surface area contributed by atoms with Crippen LogP contribution < -0.4 is 10.1 Å². The minimum atomic E-state index is -1.05. The number of aryl methyl sites for hydroxylation is 1. The maximum atomic E-state index is 14.3. The Kier molecular flexibility index (Phi) is 9.17. The third-order valence-electron chi connectivity index (χ3n) is 6.72. The summed E-state index contributed by atoms with van der Waals surface area (Å²) in [6.07, 6.45) is 8.59. The van der Waals surface area contributed by atoms with Crippen LogP contribution in [0.5, 0.6) is 5.88 Å². The molecule has 2 atom stereocenters. The Morgan fingerprint density at radius 1 is 1.05 bits per heavy atom. The normalized spacial score (nSPS) is 17.8. The van der Waals surface area contributed by atoms with Gasteiger partial charge < -0.3 is 10.1 Å². The van der Waals surface area contributed by atoms with Gasteiger partial charge in [-0.25, -0.2) is 9.37 Å². The second-order valence-corrected chi connectivity index (χ2v) is 9.64. The van der Waals surface area contributed by atoms with Gasteiger partial charge in [0, 0.05) is 55.4 Å². The highest BCUT2D eigenvalue weighted by Gasteiger charge is 2.37. The van der Waals surface area contributed by atoms with E-state index in [1.54, 1.807) is 12.4 Å². The van der Waals surface area contributed by atoms with Crippen LogP contribution >= 0.6 is 0 Å². The SMILES string of the molecule is CCCC(CCC)Oc1ccc(-c2ccc(NC(=O)[C@H]3C[C@H](F)CN3Cc3nccnc3C)cc2)cn1. The third kappa shape index (κ3) is 7.10. The summed E-state index contributed by atoms with van der Waals surface area (Å²) in [5, 5.41) is 2.95. The summed E-state index contributed by atoms with van der Waals surface area (Å²) in [7, 11) is 0. The number of alkyl halides is 1. The van der Waals surface area contributed by atoms with Gasteiger partial charge in [-0.2, -0.15) is 0 Å². The number of hydrogen-bond acceptors (Lipinski definition) is 6. The first-order chi connectivity index (χ1) is 18.0. The van der Waals surface area contributed by atoms with Crippen molar-refractivity contribution < 1.29 is 13.9 Å². The van der Waals surface area contributed by atoms with E-state index in [4.69, 9.17) is 4.74 Å². The van der Waals surface area contributed by atoms with Crippen molar-refractivity contribution in [2.45, 2.75) is 77.7 Å². The summed E-state index contributed by atoms with van der Waals surface area (Å²) < 4.78 is 20.3. The van der Waals surface area contributed by atoms with Crippen LogP contribution in [0.25, 0.3) is 11.1 Å². The molecule has 1 N–H and O–H groups in total. The monoisotopic (exact) mass is 505 g/mol. The van der Waals surface area contributed by atoms with E-state index in [-0.39, 0.29) is 25.0 Å². The zero-order chi connectivity index (χ0) is 26.2. The Morgan fingerprint density at radius 3 is 2.41 bits per heavy atom. The number of halogens is 1. The molecule has 0 saturated carbocycles. The van der Waals surface area contributed by atoms with Gasteiger partial charge in [0.25, 0.3) is 0 Å². The first kappa shape index (κ1) is 26.7. The van der Waals surface area contributed by atoms with E-state index in [0.29, 0.717) is 18.1 Å². The molecule has 1 aliphatic rings.